The summed E-state index contributed by atoms with van der Waals surface area (Å²) in [6, 6.07) is 4.53. The van der Waals surface area contributed by atoms with Crippen LogP contribution in [0.4, 0.5) is 10.1 Å². The van der Waals surface area contributed by atoms with Crippen LogP contribution < -0.4 is 4.90 Å². The van der Waals surface area contributed by atoms with Crippen molar-refractivity contribution in [2.24, 2.45) is 0 Å². The average molecular weight is 271 g/mol. The number of nitrogens with zero attached hydrogens (tertiary/aromatic N) is 3. The molecule has 20 heavy (non-hydrogen) atoms. The van der Waals surface area contributed by atoms with Crippen LogP contribution in [-0.2, 0) is 6.42 Å². The molecule has 0 bridgehead atoms. The second kappa shape index (κ2) is 5.00. The molecule has 1 aromatic carbocycles. The molecule has 1 aromatic heterocycles. The molecular weight excluding hydrogens is 257 g/mol. The predicted octanol–water partition coefficient (Wildman–Crippen LogP) is 2.52. The van der Waals surface area contributed by atoms with E-state index >= 15 is 0 Å². The molecule has 0 fully saturated rings. The summed E-state index contributed by atoms with van der Waals surface area (Å²) < 4.78 is 13.3. The van der Waals surface area contributed by atoms with Gasteiger partial charge in [-0.3, -0.25) is 9.78 Å². The molecule has 0 saturated carbocycles. The summed E-state index contributed by atoms with van der Waals surface area (Å²) in [6.45, 7) is 2.44. The number of anilines is 1. The highest BCUT2D eigenvalue weighted by atomic mass is 19.1. The van der Waals surface area contributed by atoms with Gasteiger partial charge in [0, 0.05) is 18.4 Å². The molecule has 1 aliphatic rings. The molecule has 2 aromatic rings. The lowest BCUT2D eigenvalue weighted by Crippen LogP contribution is -2.36. The van der Waals surface area contributed by atoms with Crippen molar-refractivity contribution < 1.29 is 9.18 Å². The third kappa shape index (κ3) is 2.27. The Kier molecular flexibility index (Phi) is 3.18. The van der Waals surface area contributed by atoms with Crippen molar-refractivity contribution in [3.63, 3.8) is 0 Å². The van der Waals surface area contributed by atoms with E-state index in [0.29, 0.717) is 12.2 Å². The minimum absolute atomic E-state index is 0.190. The van der Waals surface area contributed by atoms with Crippen molar-refractivity contribution in [1.29, 1.82) is 0 Å². The minimum Gasteiger partial charge on any atom is -0.307 e. The first-order valence-corrected chi connectivity index (χ1v) is 6.54. The zero-order chi connectivity index (χ0) is 14.1. The van der Waals surface area contributed by atoms with E-state index in [1.54, 1.807) is 17.2 Å². The van der Waals surface area contributed by atoms with E-state index in [2.05, 4.69) is 9.97 Å². The van der Waals surface area contributed by atoms with E-state index in [9.17, 15) is 9.18 Å². The number of aromatic nitrogens is 2. The smallest absolute Gasteiger partial charge is 0.278 e. The van der Waals surface area contributed by atoms with Gasteiger partial charge in [-0.1, -0.05) is 0 Å². The molecule has 3 rings (SSSR count). The molecule has 0 N–H and O–H groups in total. The second-order valence-electron chi connectivity index (χ2n) is 4.88. The number of carbonyl (C=O) groups is 1. The van der Waals surface area contributed by atoms with Gasteiger partial charge < -0.3 is 4.90 Å². The van der Waals surface area contributed by atoms with Crippen LogP contribution in [-0.4, -0.2) is 22.4 Å². The van der Waals surface area contributed by atoms with Crippen LogP contribution in [0.15, 0.2) is 30.6 Å². The molecule has 0 unspecified atom stereocenters. The lowest BCUT2D eigenvalue weighted by Gasteiger charge is -2.29. The van der Waals surface area contributed by atoms with Crippen molar-refractivity contribution in [3.05, 3.63) is 53.4 Å². The molecule has 0 atom stereocenters. The number of halogens is 1. The molecule has 1 aliphatic heterocycles. The number of hydrogen-bond acceptors (Lipinski definition) is 3. The third-order valence-electron chi connectivity index (χ3n) is 3.41. The van der Waals surface area contributed by atoms with Crippen LogP contribution in [0.5, 0.6) is 0 Å². The second-order valence-corrected chi connectivity index (χ2v) is 4.88. The van der Waals surface area contributed by atoms with Crippen molar-refractivity contribution in [3.8, 4) is 0 Å². The number of hydrogen-bond donors (Lipinski definition) is 0. The van der Waals surface area contributed by atoms with Gasteiger partial charge in [0.1, 0.15) is 11.5 Å². The topological polar surface area (TPSA) is 46.1 Å². The Hall–Kier alpha value is -2.30. The summed E-state index contributed by atoms with van der Waals surface area (Å²) >= 11 is 0. The van der Waals surface area contributed by atoms with Gasteiger partial charge >= 0.3 is 0 Å². The summed E-state index contributed by atoms with van der Waals surface area (Å²) in [5, 5.41) is 0. The Morgan fingerprint density at radius 3 is 2.90 bits per heavy atom. The minimum atomic E-state index is -0.270. The maximum absolute atomic E-state index is 13.3. The van der Waals surface area contributed by atoms with Crippen molar-refractivity contribution in [2.45, 2.75) is 19.8 Å². The quantitative estimate of drug-likeness (QED) is 0.800. The van der Waals surface area contributed by atoms with E-state index in [-0.39, 0.29) is 11.7 Å². The summed E-state index contributed by atoms with van der Waals surface area (Å²) in [4.78, 5) is 22.3. The molecular formula is C15H14FN3O. The molecule has 0 saturated heterocycles. The number of benzene rings is 1. The number of fused-ring (bicyclic) bond motifs is 1. The van der Waals surface area contributed by atoms with Gasteiger partial charge in [-0.25, -0.2) is 9.37 Å². The van der Waals surface area contributed by atoms with Gasteiger partial charge in [-0.05, 0) is 43.5 Å². The molecule has 4 nitrogen and oxygen atoms in total. The first kappa shape index (κ1) is 12.7. The summed E-state index contributed by atoms with van der Waals surface area (Å²) in [6.07, 6.45) is 4.66. The highest BCUT2D eigenvalue weighted by Gasteiger charge is 2.24. The van der Waals surface area contributed by atoms with E-state index < -0.39 is 0 Å². The van der Waals surface area contributed by atoms with Gasteiger partial charge in [0.15, 0.2) is 0 Å². The van der Waals surface area contributed by atoms with Crippen molar-refractivity contribution >= 4 is 11.6 Å². The van der Waals surface area contributed by atoms with Crippen LogP contribution in [0.1, 0.15) is 28.2 Å². The maximum atomic E-state index is 13.3. The van der Waals surface area contributed by atoms with Crippen molar-refractivity contribution in [2.75, 3.05) is 11.4 Å². The van der Waals surface area contributed by atoms with Crippen LogP contribution >= 0.6 is 0 Å². The Labute approximate surface area is 116 Å². The molecule has 102 valence electrons. The monoisotopic (exact) mass is 271 g/mol. The van der Waals surface area contributed by atoms with Crippen LogP contribution in [0.25, 0.3) is 0 Å². The van der Waals surface area contributed by atoms with Gasteiger partial charge in [0.05, 0.1) is 11.9 Å². The molecule has 0 radical (unpaired) electrons. The lowest BCUT2D eigenvalue weighted by molar-refractivity contribution is 0.0980. The number of rotatable bonds is 1. The summed E-state index contributed by atoms with van der Waals surface area (Å²) in [5.41, 5.74) is 2.71. The van der Waals surface area contributed by atoms with E-state index in [1.807, 2.05) is 6.92 Å². The van der Waals surface area contributed by atoms with Gasteiger partial charge in [0.25, 0.3) is 5.91 Å². The number of amides is 1. The molecule has 0 spiro atoms. The molecule has 1 amide bonds. The Morgan fingerprint density at radius 2 is 2.15 bits per heavy atom. The Balaban J connectivity index is 1.96. The lowest BCUT2D eigenvalue weighted by atomic mass is 10.0. The zero-order valence-electron chi connectivity index (χ0n) is 11.1. The predicted molar refractivity (Wildman–Crippen MR) is 73.2 cm³/mol. The van der Waals surface area contributed by atoms with Gasteiger partial charge in [-0.2, -0.15) is 0 Å². The first-order chi connectivity index (χ1) is 9.65. The molecule has 5 heteroatoms. The number of aryl methyl sites for hydroxylation is 2. The van der Waals surface area contributed by atoms with E-state index in [0.717, 1.165) is 29.8 Å². The fourth-order valence-electron chi connectivity index (χ4n) is 2.42. The maximum Gasteiger partial charge on any atom is 0.278 e. The normalized spacial score (nSPS) is 14.0. The standard InChI is InChI=1S/C15H14FN3O/c1-10-8-18-13(9-17-10)15(20)19-6-2-3-11-7-12(16)4-5-14(11)19/h4-5,7-9H,2-3,6H2,1H3. The van der Waals surface area contributed by atoms with Crippen LogP contribution in [0.2, 0.25) is 0 Å². The highest BCUT2D eigenvalue weighted by molar-refractivity contribution is 6.05. The van der Waals surface area contributed by atoms with Gasteiger partial charge in [-0.15, -0.1) is 0 Å². The van der Waals surface area contributed by atoms with Gasteiger partial charge in [0.2, 0.25) is 0 Å². The fraction of sp³-hybridized carbons (Fsp3) is 0.267. The molecule has 2 heterocycles. The summed E-state index contributed by atoms with van der Waals surface area (Å²) in [5.74, 6) is -0.460. The largest absolute Gasteiger partial charge is 0.307 e. The third-order valence-corrected chi connectivity index (χ3v) is 3.41. The SMILES string of the molecule is Cc1cnc(C(=O)N2CCCc3cc(F)ccc32)cn1. The van der Waals surface area contributed by atoms with Crippen molar-refractivity contribution in [1.82, 2.24) is 9.97 Å². The average Bonchev–Trinajstić information content (AvgIpc) is 2.46. The zero-order valence-corrected chi connectivity index (χ0v) is 11.1. The van der Waals surface area contributed by atoms with Crippen LogP contribution in [0.3, 0.4) is 0 Å². The highest BCUT2D eigenvalue weighted by Crippen LogP contribution is 2.28. The van der Waals surface area contributed by atoms with E-state index in [4.69, 9.17) is 0 Å². The van der Waals surface area contributed by atoms with Crippen LogP contribution in [0, 0.1) is 12.7 Å². The molecule has 0 aliphatic carbocycles. The van der Waals surface area contributed by atoms with E-state index in [1.165, 1.54) is 18.3 Å². The Bertz CT molecular complexity index is 655. The number of carbonyl (C=O) groups excluding carboxylic acids is 1. The Morgan fingerprint density at radius 1 is 1.30 bits per heavy atom. The first-order valence-electron chi connectivity index (χ1n) is 6.54. The summed E-state index contributed by atoms with van der Waals surface area (Å²) in [7, 11) is 0. The fourth-order valence-corrected chi connectivity index (χ4v) is 2.42.